The van der Waals surface area contributed by atoms with Crippen LogP contribution in [0.1, 0.15) is 12.5 Å². The van der Waals surface area contributed by atoms with Gasteiger partial charge in [0.25, 0.3) is 0 Å². The molecule has 19 heavy (non-hydrogen) atoms. The second-order valence-electron chi connectivity index (χ2n) is 3.97. The van der Waals surface area contributed by atoms with E-state index >= 15 is 0 Å². The fraction of sp³-hybridized carbons (Fsp3) is 0.385. The maximum absolute atomic E-state index is 11.9. The fourth-order valence-corrected chi connectivity index (χ4v) is 1.93. The predicted octanol–water partition coefficient (Wildman–Crippen LogP) is 2.56. The Balaban J connectivity index is 2.61. The minimum absolute atomic E-state index is 0.0715. The number of esters is 1. The number of halogens is 2. The van der Waals surface area contributed by atoms with Crippen molar-refractivity contribution in [3.05, 3.63) is 33.8 Å². The fourth-order valence-electron chi connectivity index (χ4n) is 1.45. The van der Waals surface area contributed by atoms with Gasteiger partial charge in [-0.15, -0.1) is 0 Å². The van der Waals surface area contributed by atoms with Gasteiger partial charge < -0.3 is 9.64 Å². The van der Waals surface area contributed by atoms with Crippen molar-refractivity contribution < 1.29 is 14.3 Å². The number of ether oxygens (including phenoxy) is 1. The minimum Gasteiger partial charge on any atom is -0.465 e. The van der Waals surface area contributed by atoms with Crippen LogP contribution in [0.15, 0.2) is 18.2 Å². The second-order valence-corrected chi connectivity index (χ2v) is 4.81. The van der Waals surface area contributed by atoms with E-state index < -0.39 is 5.97 Å². The van der Waals surface area contributed by atoms with Gasteiger partial charge in [-0.05, 0) is 24.6 Å². The van der Waals surface area contributed by atoms with Crippen molar-refractivity contribution in [3.8, 4) is 0 Å². The number of amides is 1. The number of hydrogen-bond acceptors (Lipinski definition) is 3. The first-order chi connectivity index (χ1) is 8.93. The first kappa shape index (κ1) is 15.8. The van der Waals surface area contributed by atoms with E-state index in [1.54, 1.807) is 32.2 Å². The van der Waals surface area contributed by atoms with Crippen molar-refractivity contribution in [3.63, 3.8) is 0 Å². The summed E-state index contributed by atoms with van der Waals surface area (Å²) >= 11 is 11.8. The summed E-state index contributed by atoms with van der Waals surface area (Å²) in [5.74, 6) is -0.641. The molecule has 0 aliphatic rings. The number of hydrogen-bond donors (Lipinski definition) is 0. The van der Waals surface area contributed by atoms with Crippen LogP contribution in [0.25, 0.3) is 0 Å². The van der Waals surface area contributed by atoms with Crippen LogP contribution in [0, 0.1) is 0 Å². The monoisotopic (exact) mass is 303 g/mol. The summed E-state index contributed by atoms with van der Waals surface area (Å²) in [5, 5.41) is 0.950. The van der Waals surface area contributed by atoms with Crippen LogP contribution in [-0.2, 0) is 20.7 Å². The first-order valence-electron chi connectivity index (χ1n) is 5.77. The molecule has 1 aromatic carbocycles. The maximum Gasteiger partial charge on any atom is 0.325 e. The third-order valence-electron chi connectivity index (χ3n) is 2.45. The highest BCUT2D eigenvalue weighted by Crippen LogP contribution is 2.21. The van der Waals surface area contributed by atoms with Crippen LogP contribution >= 0.6 is 23.2 Å². The normalized spacial score (nSPS) is 10.1. The summed E-state index contributed by atoms with van der Waals surface area (Å²) in [6.45, 7) is 1.94. The Morgan fingerprint density at radius 3 is 2.58 bits per heavy atom. The molecule has 4 nitrogen and oxygen atoms in total. The Kier molecular flexibility index (Phi) is 6.12. The van der Waals surface area contributed by atoms with Crippen molar-refractivity contribution in [2.75, 3.05) is 20.2 Å². The number of nitrogens with zero attached hydrogens (tertiary/aromatic N) is 1. The number of likely N-dealkylation sites (N-methyl/N-ethyl adjacent to an activating group) is 1. The van der Waals surface area contributed by atoms with Crippen molar-refractivity contribution in [1.29, 1.82) is 0 Å². The number of benzene rings is 1. The lowest BCUT2D eigenvalue weighted by atomic mass is 10.1. The smallest absolute Gasteiger partial charge is 0.325 e. The molecule has 0 aliphatic carbocycles. The molecule has 6 heteroatoms. The topological polar surface area (TPSA) is 46.6 Å². The zero-order valence-corrected chi connectivity index (χ0v) is 12.3. The van der Waals surface area contributed by atoms with Gasteiger partial charge in [0, 0.05) is 17.1 Å². The highest BCUT2D eigenvalue weighted by Gasteiger charge is 2.15. The van der Waals surface area contributed by atoms with E-state index in [9.17, 15) is 9.59 Å². The number of carbonyl (C=O) groups is 2. The van der Waals surface area contributed by atoms with E-state index in [2.05, 4.69) is 0 Å². The van der Waals surface area contributed by atoms with E-state index in [1.165, 1.54) is 4.90 Å². The van der Waals surface area contributed by atoms with E-state index in [4.69, 9.17) is 27.9 Å². The van der Waals surface area contributed by atoms with Gasteiger partial charge >= 0.3 is 5.97 Å². The first-order valence-corrected chi connectivity index (χ1v) is 6.53. The molecular formula is C13H15Cl2NO3. The summed E-state index contributed by atoms with van der Waals surface area (Å²) < 4.78 is 4.78. The third kappa shape index (κ3) is 5.09. The molecule has 1 amide bonds. The van der Waals surface area contributed by atoms with E-state index in [1.807, 2.05) is 0 Å². The molecule has 0 aromatic heterocycles. The highest BCUT2D eigenvalue weighted by atomic mass is 35.5. The van der Waals surface area contributed by atoms with Gasteiger partial charge in [-0.3, -0.25) is 9.59 Å². The lowest BCUT2D eigenvalue weighted by molar-refractivity contribution is -0.147. The van der Waals surface area contributed by atoms with Crippen LogP contribution in [0.5, 0.6) is 0 Å². The lowest BCUT2D eigenvalue weighted by Gasteiger charge is -2.16. The Bertz CT molecular complexity index is 477. The Morgan fingerprint density at radius 1 is 1.32 bits per heavy atom. The molecule has 0 atom stereocenters. The summed E-state index contributed by atoms with van der Waals surface area (Å²) in [4.78, 5) is 24.5. The summed E-state index contributed by atoms with van der Waals surface area (Å²) in [7, 11) is 1.54. The molecule has 0 saturated heterocycles. The zero-order valence-electron chi connectivity index (χ0n) is 10.8. The third-order valence-corrected chi connectivity index (χ3v) is 3.04. The van der Waals surface area contributed by atoms with Crippen LogP contribution < -0.4 is 0 Å². The molecule has 0 saturated carbocycles. The van der Waals surface area contributed by atoms with E-state index in [0.29, 0.717) is 22.2 Å². The van der Waals surface area contributed by atoms with Crippen molar-refractivity contribution in [1.82, 2.24) is 4.90 Å². The lowest BCUT2D eigenvalue weighted by Crippen LogP contribution is -2.34. The van der Waals surface area contributed by atoms with Gasteiger partial charge in [0.05, 0.1) is 13.0 Å². The molecule has 104 valence electrons. The predicted molar refractivity (Wildman–Crippen MR) is 74.4 cm³/mol. The molecule has 0 bridgehead atoms. The van der Waals surface area contributed by atoms with Crippen molar-refractivity contribution in [2.45, 2.75) is 13.3 Å². The summed E-state index contributed by atoms with van der Waals surface area (Å²) in [6, 6.07) is 4.94. The molecule has 0 fully saturated rings. The molecule has 0 spiro atoms. The van der Waals surface area contributed by atoms with Gasteiger partial charge in [-0.25, -0.2) is 0 Å². The van der Waals surface area contributed by atoms with Gasteiger partial charge in [-0.1, -0.05) is 29.3 Å². The molecule has 0 unspecified atom stereocenters. The second kappa shape index (κ2) is 7.36. The molecular weight excluding hydrogens is 289 g/mol. The average Bonchev–Trinajstić information content (AvgIpc) is 2.32. The van der Waals surface area contributed by atoms with E-state index in [0.717, 1.165) is 0 Å². The molecule has 0 N–H and O–H groups in total. The van der Waals surface area contributed by atoms with Crippen LogP contribution in [-0.4, -0.2) is 37.0 Å². The number of carbonyl (C=O) groups excluding carboxylic acids is 2. The van der Waals surface area contributed by atoms with Gasteiger partial charge in [0.15, 0.2) is 0 Å². The molecule has 1 aromatic rings. The average molecular weight is 304 g/mol. The Morgan fingerprint density at radius 2 is 2.00 bits per heavy atom. The molecule has 0 radical (unpaired) electrons. The van der Waals surface area contributed by atoms with Crippen LogP contribution in [0.4, 0.5) is 0 Å². The quantitative estimate of drug-likeness (QED) is 0.785. The SMILES string of the molecule is CCOC(=O)CN(C)C(=O)Cc1ccc(Cl)cc1Cl. The van der Waals surface area contributed by atoms with Gasteiger partial charge in [-0.2, -0.15) is 0 Å². The van der Waals surface area contributed by atoms with Gasteiger partial charge in [0.1, 0.15) is 6.54 Å². The molecule has 0 heterocycles. The zero-order chi connectivity index (χ0) is 14.4. The Labute approximate surface area is 122 Å². The number of rotatable bonds is 5. The Hall–Kier alpha value is -1.26. The van der Waals surface area contributed by atoms with Crippen LogP contribution in [0.2, 0.25) is 10.0 Å². The highest BCUT2D eigenvalue weighted by molar-refractivity contribution is 6.35. The van der Waals surface area contributed by atoms with Crippen LogP contribution in [0.3, 0.4) is 0 Å². The minimum atomic E-state index is -0.430. The molecule has 1 rings (SSSR count). The summed E-state index contributed by atoms with van der Waals surface area (Å²) in [5.41, 5.74) is 0.673. The summed E-state index contributed by atoms with van der Waals surface area (Å²) in [6.07, 6.45) is 0.117. The standard InChI is InChI=1S/C13H15Cl2NO3/c1-3-19-13(18)8-16(2)12(17)6-9-4-5-10(14)7-11(9)15/h4-5,7H,3,6,8H2,1-2H3. The largest absolute Gasteiger partial charge is 0.465 e. The van der Waals surface area contributed by atoms with E-state index in [-0.39, 0.29) is 18.9 Å². The van der Waals surface area contributed by atoms with Crippen molar-refractivity contribution >= 4 is 35.1 Å². The molecule has 0 aliphatic heterocycles. The van der Waals surface area contributed by atoms with Crippen molar-refractivity contribution in [2.24, 2.45) is 0 Å². The maximum atomic E-state index is 11.9. The van der Waals surface area contributed by atoms with Gasteiger partial charge in [0.2, 0.25) is 5.91 Å².